The van der Waals surface area contributed by atoms with Crippen LogP contribution in [-0.2, 0) is 15.1 Å². The average Bonchev–Trinajstić information content (AvgIpc) is 2.96. The number of hydrogen-bond acceptors (Lipinski definition) is 4. The summed E-state index contributed by atoms with van der Waals surface area (Å²) in [5.74, 6) is -0.322. The molecule has 1 aromatic rings. The molecule has 20 heavy (non-hydrogen) atoms. The smallest absolute Gasteiger partial charge is 0.227 e. The van der Waals surface area contributed by atoms with E-state index in [9.17, 15) is 9.90 Å². The van der Waals surface area contributed by atoms with Gasteiger partial charge in [0.05, 0.1) is 31.3 Å². The molecule has 1 aromatic carbocycles. The van der Waals surface area contributed by atoms with E-state index in [0.717, 1.165) is 5.56 Å². The van der Waals surface area contributed by atoms with Crippen LogP contribution < -0.4 is 10.6 Å². The number of carbonyl (C=O) groups is 1. The number of aliphatic hydroxyl groups is 1. The Labute approximate surface area is 119 Å². The van der Waals surface area contributed by atoms with Crippen LogP contribution in [0.1, 0.15) is 12.5 Å². The average molecular weight is 278 g/mol. The van der Waals surface area contributed by atoms with Gasteiger partial charge in [-0.1, -0.05) is 30.3 Å². The van der Waals surface area contributed by atoms with E-state index in [4.69, 9.17) is 4.74 Å². The molecule has 3 unspecified atom stereocenters. The van der Waals surface area contributed by atoms with Crippen LogP contribution in [-0.4, -0.2) is 43.9 Å². The molecular weight excluding hydrogens is 256 g/mol. The summed E-state index contributed by atoms with van der Waals surface area (Å²) in [5.41, 5.74) is 0.106. The second-order valence-electron chi connectivity index (χ2n) is 5.38. The molecule has 0 bridgehead atoms. The fourth-order valence-corrected chi connectivity index (χ4v) is 2.47. The highest BCUT2D eigenvalue weighted by Crippen LogP contribution is 2.22. The van der Waals surface area contributed by atoms with Crippen LogP contribution in [0.4, 0.5) is 0 Å². The molecule has 110 valence electrons. The van der Waals surface area contributed by atoms with Gasteiger partial charge in [0.2, 0.25) is 5.91 Å². The van der Waals surface area contributed by atoms with Crippen molar-refractivity contribution in [1.82, 2.24) is 10.6 Å². The minimum Gasteiger partial charge on any atom is -0.394 e. The predicted octanol–water partition coefficient (Wildman–Crippen LogP) is 0.245. The van der Waals surface area contributed by atoms with Gasteiger partial charge in [-0.05, 0) is 19.5 Å². The van der Waals surface area contributed by atoms with Gasteiger partial charge in [0.25, 0.3) is 0 Å². The monoisotopic (exact) mass is 278 g/mol. The van der Waals surface area contributed by atoms with Crippen molar-refractivity contribution in [1.29, 1.82) is 0 Å². The maximum atomic E-state index is 12.4. The van der Waals surface area contributed by atoms with E-state index in [1.165, 1.54) is 0 Å². The number of nitrogens with one attached hydrogen (secondary N) is 2. The van der Waals surface area contributed by atoms with Crippen LogP contribution in [0.5, 0.6) is 0 Å². The normalized spacial score (nSPS) is 25.1. The minimum absolute atomic E-state index is 0.0220. The molecule has 1 heterocycles. The molecule has 0 radical (unpaired) electrons. The van der Waals surface area contributed by atoms with Crippen molar-refractivity contribution in [2.75, 3.05) is 26.9 Å². The zero-order valence-electron chi connectivity index (χ0n) is 11.9. The number of likely N-dealkylation sites (N-methyl/N-ethyl adjacent to an activating group) is 1. The summed E-state index contributed by atoms with van der Waals surface area (Å²) in [6, 6.07) is 9.52. The SMILES string of the molecule is CNC1COCC1C(=O)NC(C)(CO)c1ccccc1. The molecule has 3 N–H and O–H groups in total. The van der Waals surface area contributed by atoms with Crippen LogP contribution in [0.25, 0.3) is 0 Å². The Morgan fingerprint density at radius 3 is 2.70 bits per heavy atom. The zero-order valence-corrected chi connectivity index (χ0v) is 11.9. The topological polar surface area (TPSA) is 70.6 Å². The highest BCUT2D eigenvalue weighted by Gasteiger charge is 2.37. The van der Waals surface area contributed by atoms with Gasteiger partial charge < -0.3 is 20.5 Å². The van der Waals surface area contributed by atoms with Gasteiger partial charge in [-0.15, -0.1) is 0 Å². The van der Waals surface area contributed by atoms with Gasteiger partial charge in [0, 0.05) is 6.04 Å². The van der Waals surface area contributed by atoms with Crippen molar-refractivity contribution in [3.05, 3.63) is 35.9 Å². The van der Waals surface area contributed by atoms with E-state index in [2.05, 4.69) is 10.6 Å². The molecule has 0 aromatic heterocycles. The standard InChI is InChI=1S/C15H22N2O3/c1-15(10-18,11-6-4-3-5-7-11)17-14(19)12-8-20-9-13(12)16-2/h3-7,12-13,16,18H,8-10H2,1-2H3,(H,17,19). The van der Waals surface area contributed by atoms with Crippen molar-refractivity contribution in [3.63, 3.8) is 0 Å². The maximum Gasteiger partial charge on any atom is 0.227 e. The van der Waals surface area contributed by atoms with Crippen molar-refractivity contribution >= 4 is 5.91 Å². The molecular formula is C15H22N2O3. The van der Waals surface area contributed by atoms with Crippen LogP contribution >= 0.6 is 0 Å². The fraction of sp³-hybridized carbons (Fsp3) is 0.533. The van der Waals surface area contributed by atoms with E-state index < -0.39 is 5.54 Å². The Bertz CT molecular complexity index is 452. The third kappa shape index (κ3) is 3.00. The third-order valence-corrected chi connectivity index (χ3v) is 3.91. The fourth-order valence-electron chi connectivity index (χ4n) is 2.47. The third-order valence-electron chi connectivity index (χ3n) is 3.91. The molecule has 1 fully saturated rings. The predicted molar refractivity (Wildman–Crippen MR) is 76.2 cm³/mol. The quantitative estimate of drug-likeness (QED) is 0.722. The van der Waals surface area contributed by atoms with Crippen LogP contribution in [0, 0.1) is 5.92 Å². The van der Waals surface area contributed by atoms with Crippen molar-refractivity contribution in [2.45, 2.75) is 18.5 Å². The second kappa shape index (κ2) is 6.35. The van der Waals surface area contributed by atoms with Gasteiger partial charge in [0.1, 0.15) is 0 Å². The number of aliphatic hydroxyl groups excluding tert-OH is 1. The van der Waals surface area contributed by atoms with Crippen LogP contribution in [0.3, 0.4) is 0 Å². The Kier molecular flexibility index (Phi) is 4.75. The van der Waals surface area contributed by atoms with Crippen LogP contribution in [0.15, 0.2) is 30.3 Å². The maximum absolute atomic E-state index is 12.4. The van der Waals surface area contributed by atoms with Gasteiger partial charge in [0.15, 0.2) is 0 Å². The summed E-state index contributed by atoms with van der Waals surface area (Å²) in [6.07, 6.45) is 0. The zero-order chi connectivity index (χ0) is 14.6. The summed E-state index contributed by atoms with van der Waals surface area (Å²) >= 11 is 0. The van der Waals surface area contributed by atoms with Gasteiger partial charge >= 0.3 is 0 Å². The molecule has 0 saturated carbocycles. The molecule has 0 spiro atoms. The Hall–Kier alpha value is -1.43. The van der Waals surface area contributed by atoms with Gasteiger partial charge in [-0.25, -0.2) is 0 Å². The lowest BCUT2D eigenvalue weighted by atomic mass is 9.91. The molecule has 5 nitrogen and oxygen atoms in total. The number of carbonyl (C=O) groups excluding carboxylic acids is 1. The van der Waals surface area contributed by atoms with Crippen molar-refractivity contribution in [3.8, 4) is 0 Å². The van der Waals surface area contributed by atoms with E-state index in [1.807, 2.05) is 44.3 Å². The molecule has 1 aliphatic heterocycles. The molecule has 1 amide bonds. The molecule has 0 aliphatic carbocycles. The van der Waals surface area contributed by atoms with Crippen LogP contribution in [0.2, 0.25) is 0 Å². The summed E-state index contributed by atoms with van der Waals surface area (Å²) in [7, 11) is 1.82. The minimum atomic E-state index is -0.779. The number of hydrogen-bond donors (Lipinski definition) is 3. The van der Waals surface area contributed by atoms with E-state index in [-0.39, 0.29) is 24.5 Å². The van der Waals surface area contributed by atoms with Crippen molar-refractivity contribution in [2.24, 2.45) is 5.92 Å². The summed E-state index contributed by atoms with van der Waals surface area (Å²) in [5, 5.41) is 15.7. The first-order valence-electron chi connectivity index (χ1n) is 6.84. The highest BCUT2D eigenvalue weighted by atomic mass is 16.5. The number of amides is 1. The summed E-state index contributed by atoms with van der Waals surface area (Å²) in [4.78, 5) is 12.4. The first kappa shape index (κ1) is 15.0. The molecule has 1 aliphatic rings. The van der Waals surface area contributed by atoms with Crippen molar-refractivity contribution < 1.29 is 14.6 Å². The Morgan fingerprint density at radius 2 is 2.10 bits per heavy atom. The van der Waals surface area contributed by atoms with Gasteiger partial charge in [-0.3, -0.25) is 4.79 Å². The summed E-state index contributed by atoms with van der Waals surface area (Å²) in [6.45, 7) is 2.62. The lowest BCUT2D eigenvalue weighted by Gasteiger charge is -2.31. The molecule has 2 rings (SSSR count). The first-order valence-corrected chi connectivity index (χ1v) is 6.84. The second-order valence-corrected chi connectivity index (χ2v) is 5.38. The Balaban J connectivity index is 2.12. The lowest BCUT2D eigenvalue weighted by molar-refractivity contribution is -0.128. The molecule has 5 heteroatoms. The van der Waals surface area contributed by atoms with E-state index in [1.54, 1.807) is 0 Å². The summed E-state index contributed by atoms with van der Waals surface area (Å²) < 4.78 is 5.35. The number of ether oxygens (including phenoxy) is 1. The number of benzene rings is 1. The van der Waals surface area contributed by atoms with Gasteiger partial charge in [-0.2, -0.15) is 0 Å². The Morgan fingerprint density at radius 1 is 1.40 bits per heavy atom. The highest BCUT2D eigenvalue weighted by molar-refractivity contribution is 5.80. The molecule has 1 saturated heterocycles. The first-order chi connectivity index (χ1) is 9.60. The van der Waals surface area contributed by atoms with E-state index >= 15 is 0 Å². The van der Waals surface area contributed by atoms with E-state index in [0.29, 0.717) is 13.2 Å². The lowest BCUT2D eigenvalue weighted by Crippen LogP contribution is -2.51. The largest absolute Gasteiger partial charge is 0.394 e. The number of rotatable bonds is 5. The molecule has 3 atom stereocenters.